The number of fused-ring (bicyclic) bond motifs is 1. The van der Waals surface area contributed by atoms with Crippen LogP contribution in [-0.4, -0.2) is 10.9 Å². The molecule has 2 heterocycles. The Kier molecular flexibility index (Phi) is 6.10. The fraction of sp³-hybridized carbons (Fsp3) is 0.111. The summed E-state index contributed by atoms with van der Waals surface area (Å²) in [5, 5.41) is 4.14. The largest absolute Gasteiger partial charge is 0.489 e. The Bertz CT molecular complexity index is 1460. The van der Waals surface area contributed by atoms with Crippen molar-refractivity contribution in [1.29, 1.82) is 0 Å². The smallest absolute Gasteiger partial charge is 0.293 e. The summed E-state index contributed by atoms with van der Waals surface area (Å²) in [6.45, 7) is 2.19. The number of rotatable bonds is 7. The van der Waals surface area contributed by atoms with Crippen LogP contribution >= 0.6 is 11.3 Å². The lowest BCUT2D eigenvalue weighted by Gasteiger charge is -2.07. The Labute approximate surface area is 199 Å². The molecule has 0 saturated carbocycles. The van der Waals surface area contributed by atoms with Crippen LogP contribution in [0.25, 0.3) is 11.0 Å². The van der Waals surface area contributed by atoms with Gasteiger partial charge in [-0.25, -0.2) is 9.37 Å². The predicted octanol–water partition coefficient (Wildman–Crippen LogP) is 6.76. The molecule has 2 aromatic heterocycles. The van der Waals surface area contributed by atoms with E-state index in [-0.39, 0.29) is 24.1 Å². The number of hydrogen-bond acceptors (Lipinski definition) is 5. The highest BCUT2D eigenvalue weighted by Crippen LogP contribution is 2.29. The number of benzene rings is 3. The first-order chi connectivity index (χ1) is 16.5. The van der Waals surface area contributed by atoms with E-state index in [4.69, 9.17) is 9.15 Å². The van der Waals surface area contributed by atoms with Crippen LogP contribution in [0.2, 0.25) is 0 Å². The number of furan rings is 1. The normalized spacial score (nSPS) is 11.0. The molecule has 0 spiro atoms. The number of aromatic nitrogens is 1. The number of nitrogens with one attached hydrogen (secondary N) is 1. The number of para-hydroxylation sites is 1. The highest BCUT2D eigenvalue weighted by Gasteiger charge is 2.22. The van der Waals surface area contributed by atoms with Gasteiger partial charge in [-0.2, -0.15) is 0 Å². The summed E-state index contributed by atoms with van der Waals surface area (Å²) >= 11 is 1.37. The highest BCUT2D eigenvalue weighted by molar-refractivity contribution is 7.15. The molecule has 5 nitrogen and oxygen atoms in total. The Morgan fingerprint density at radius 2 is 1.91 bits per heavy atom. The molecule has 34 heavy (non-hydrogen) atoms. The average Bonchev–Trinajstić information content (AvgIpc) is 3.43. The number of ether oxygens (including phenoxy) is 1. The van der Waals surface area contributed by atoms with Gasteiger partial charge in [0.2, 0.25) is 0 Å². The zero-order chi connectivity index (χ0) is 23.5. The summed E-state index contributed by atoms with van der Waals surface area (Å²) in [4.78, 5) is 18.4. The SMILES string of the molecule is Cc1cccc(OCc2c(C(=O)Nc3ncc(Cc4ccc(F)cc4)s3)oc3ccccc23)c1. The van der Waals surface area contributed by atoms with Crippen LogP contribution in [0.15, 0.2) is 83.4 Å². The third-order valence-corrected chi connectivity index (χ3v) is 6.26. The van der Waals surface area contributed by atoms with E-state index in [0.717, 1.165) is 27.1 Å². The van der Waals surface area contributed by atoms with Gasteiger partial charge in [0.25, 0.3) is 5.91 Å². The number of hydrogen-bond donors (Lipinski definition) is 1. The number of amides is 1. The van der Waals surface area contributed by atoms with Crippen molar-refractivity contribution in [3.8, 4) is 5.75 Å². The second kappa shape index (κ2) is 9.49. The van der Waals surface area contributed by atoms with Crippen molar-refractivity contribution in [3.63, 3.8) is 0 Å². The summed E-state index contributed by atoms with van der Waals surface area (Å²) < 4.78 is 25.0. The summed E-state index contributed by atoms with van der Waals surface area (Å²) in [6.07, 6.45) is 2.32. The number of carbonyl (C=O) groups is 1. The van der Waals surface area contributed by atoms with E-state index in [1.165, 1.54) is 23.5 Å². The molecule has 0 aliphatic heterocycles. The van der Waals surface area contributed by atoms with Crippen LogP contribution in [0.4, 0.5) is 9.52 Å². The first-order valence-electron chi connectivity index (χ1n) is 10.8. The van der Waals surface area contributed by atoms with E-state index in [2.05, 4.69) is 10.3 Å². The minimum atomic E-state index is -0.387. The molecule has 0 aliphatic carbocycles. The summed E-state index contributed by atoms with van der Waals surface area (Å²) in [7, 11) is 0. The van der Waals surface area contributed by atoms with Crippen LogP contribution in [0.5, 0.6) is 5.75 Å². The van der Waals surface area contributed by atoms with Crippen molar-refractivity contribution in [2.24, 2.45) is 0 Å². The van der Waals surface area contributed by atoms with E-state index in [0.29, 0.717) is 22.7 Å². The summed E-state index contributed by atoms with van der Waals surface area (Å²) in [5.41, 5.74) is 3.35. The monoisotopic (exact) mass is 472 g/mol. The molecule has 0 radical (unpaired) electrons. The maximum absolute atomic E-state index is 13.1. The molecule has 170 valence electrons. The van der Waals surface area contributed by atoms with Crippen molar-refractivity contribution < 1.29 is 18.3 Å². The molecular formula is C27H21FN2O3S. The lowest BCUT2D eigenvalue weighted by molar-refractivity contribution is 0.0995. The van der Waals surface area contributed by atoms with E-state index < -0.39 is 0 Å². The lowest BCUT2D eigenvalue weighted by Crippen LogP contribution is -2.13. The fourth-order valence-electron chi connectivity index (χ4n) is 3.69. The van der Waals surface area contributed by atoms with Crippen molar-refractivity contribution in [2.45, 2.75) is 20.0 Å². The minimum absolute atomic E-state index is 0.191. The molecule has 1 amide bonds. The number of aryl methyl sites for hydroxylation is 1. The van der Waals surface area contributed by atoms with E-state index in [1.807, 2.05) is 55.5 Å². The Morgan fingerprint density at radius 1 is 1.09 bits per heavy atom. The molecule has 0 bridgehead atoms. The first kappa shape index (κ1) is 21.9. The maximum atomic E-state index is 13.1. The van der Waals surface area contributed by atoms with Gasteiger partial charge in [0, 0.05) is 28.4 Å². The van der Waals surface area contributed by atoms with Gasteiger partial charge in [0.1, 0.15) is 23.8 Å². The molecule has 5 aromatic rings. The standard InChI is InChI=1S/C27H21FN2O3S/c1-17-5-4-6-20(13-17)32-16-23-22-7-2-3-8-24(22)33-25(23)26(31)30-27-29-15-21(34-27)14-18-9-11-19(28)12-10-18/h2-13,15H,14,16H2,1H3,(H,29,30,31). The van der Waals surface area contributed by atoms with E-state index in [9.17, 15) is 9.18 Å². The van der Waals surface area contributed by atoms with Gasteiger partial charge in [-0.3, -0.25) is 10.1 Å². The molecule has 0 atom stereocenters. The van der Waals surface area contributed by atoms with Crippen molar-refractivity contribution >= 4 is 33.3 Å². The van der Waals surface area contributed by atoms with Crippen LogP contribution in [0.3, 0.4) is 0 Å². The Morgan fingerprint density at radius 3 is 2.74 bits per heavy atom. The third-order valence-electron chi connectivity index (χ3n) is 5.34. The molecule has 1 N–H and O–H groups in total. The van der Waals surface area contributed by atoms with Gasteiger partial charge >= 0.3 is 0 Å². The lowest BCUT2D eigenvalue weighted by atomic mass is 10.1. The number of nitrogens with zero attached hydrogens (tertiary/aromatic N) is 1. The highest BCUT2D eigenvalue weighted by atomic mass is 32.1. The molecule has 0 saturated heterocycles. The van der Waals surface area contributed by atoms with E-state index in [1.54, 1.807) is 18.3 Å². The van der Waals surface area contributed by atoms with Gasteiger partial charge in [-0.15, -0.1) is 11.3 Å². The summed E-state index contributed by atoms with van der Waals surface area (Å²) in [5.74, 6) is 0.266. The third kappa shape index (κ3) is 4.84. The van der Waals surface area contributed by atoms with Crippen molar-refractivity contribution in [2.75, 3.05) is 5.32 Å². The zero-order valence-corrected chi connectivity index (χ0v) is 19.2. The number of carbonyl (C=O) groups excluding carboxylic acids is 1. The predicted molar refractivity (Wildman–Crippen MR) is 131 cm³/mol. The summed E-state index contributed by atoms with van der Waals surface area (Å²) in [6, 6.07) is 21.6. The second-order valence-electron chi connectivity index (χ2n) is 7.90. The number of thiazole rings is 1. The van der Waals surface area contributed by atoms with Gasteiger partial charge < -0.3 is 9.15 Å². The molecule has 0 fully saturated rings. The number of anilines is 1. The van der Waals surface area contributed by atoms with Crippen LogP contribution in [-0.2, 0) is 13.0 Å². The van der Waals surface area contributed by atoms with E-state index >= 15 is 0 Å². The average molecular weight is 473 g/mol. The Hall–Kier alpha value is -3.97. The molecule has 3 aromatic carbocycles. The first-order valence-corrected chi connectivity index (χ1v) is 11.6. The number of halogens is 1. The van der Waals surface area contributed by atoms with Crippen molar-refractivity contribution in [1.82, 2.24) is 4.98 Å². The Balaban J connectivity index is 1.35. The van der Waals surface area contributed by atoms with Crippen LogP contribution in [0.1, 0.15) is 32.1 Å². The van der Waals surface area contributed by atoms with Gasteiger partial charge in [-0.1, -0.05) is 42.5 Å². The zero-order valence-electron chi connectivity index (χ0n) is 18.4. The molecule has 5 rings (SSSR count). The molecule has 7 heteroatoms. The van der Waals surface area contributed by atoms with Gasteiger partial charge in [0.05, 0.1) is 0 Å². The fourth-order valence-corrected chi connectivity index (χ4v) is 4.53. The quantitative estimate of drug-likeness (QED) is 0.284. The minimum Gasteiger partial charge on any atom is -0.489 e. The maximum Gasteiger partial charge on any atom is 0.293 e. The molecule has 0 aliphatic rings. The second-order valence-corrected chi connectivity index (χ2v) is 9.02. The van der Waals surface area contributed by atoms with Gasteiger partial charge in [-0.05, 0) is 48.4 Å². The van der Waals surface area contributed by atoms with Crippen LogP contribution in [0, 0.1) is 12.7 Å². The van der Waals surface area contributed by atoms with Crippen LogP contribution < -0.4 is 10.1 Å². The molecular weight excluding hydrogens is 451 g/mol. The van der Waals surface area contributed by atoms with Gasteiger partial charge in [0.15, 0.2) is 10.9 Å². The molecule has 0 unspecified atom stereocenters. The topological polar surface area (TPSA) is 64.4 Å². The van der Waals surface area contributed by atoms with Crippen molar-refractivity contribution in [3.05, 3.63) is 112 Å².